The molecule has 2 fully saturated rings. The summed E-state index contributed by atoms with van der Waals surface area (Å²) in [5.74, 6) is -0.409. The molecule has 2 aromatic rings. The zero-order valence-electron chi connectivity index (χ0n) is 17.3. The molecular weight excluding hydrogens is 384 g/mol. The van der Waals surface area contributed by atoms with E-state index in [1.807, 2.05) is 6.07 Å². The van der Waals surface area contributed by atoms with Gasteiger partial charge in [0, 0.05) is 38.1 Å². The molecule has 3 aliphatic rings. The Morgan fingerprint density at radius 3 is 2.63 bits per heavy atom. The summed E-state index contributed by atoms with van der Waals surface area (Å²) in [5.41, 5.74) is 3.22. The quantitative estimate of drug-likeness (QED) is 0.766. The third-order valence-electron chi connectivity index (χ3n) is 6.96. The smallest absolute Gasteiger partial charge is 0.326 e. The fraction of sp³-hybridized carbons (Fsp3) is 0.500. The highest BCUT2D eigenvalue weighted by atomic mass is 16.5. The van der Waals surface area contributed by atoms with Crippen molar-refractivity contribution in [3.63, 3.8) is 0 Å². The van der Waals surface area contributed by atoms with Crippen LogP contribution in [-0.4, -0.2) is 77.4 Å². The Kier molecular flexibility index (Phi) is 4.36. The molecule has 0 saturated carbocycles. The first kappa shape index (κ1) is 19.1. The molecule has 30 heavy (non-hydrogen) atoms. The summed E-state index contributed by atoms with van der Waals surface area (Å²) in [4.78, 5) is 44.9. The number of likely N-dealkylation sites (tertiary alicyclic amines) is 1. The van der Waals surface area contributed by atoms with Crippen molar-refractivity contribution in [2.45, 2.75) is 37.3 Å². The van der Waals surface area contributed by atoms with Crippen molar-refractivity contribution in [1.82, 2.24) is 19.7 Å². The summed E-state index contributed by atoms with van der Waals surface area (Å²) in [6, 6.07) is 7.25. The first-order valence-electron chi connectivity index (χ1n) is 10.5. The lowest BCUT2D eigenvalue weighted by Crippen LogP contribution is -2.49. The number of aromatic nitrogens is 1. The minimum Gasteiger partial charge on any atom is -0.368 e. The first-order valence-corrected chi connectivity index (χ1v) is 10.5. The van der Waals surface area contributed by atoms with Crippen LogP contribution in [0.3, 0.4) is 0 Å². The maximum Gasteiger partial charge on any atom is 0.326 e. The van der Waals surface area contributed by atoms with Gasteiger partial charge in [0.05, 0.1) is 18.7 Å². The summed E-state index contributed by atoms with van der Waals surface area (Å²) >= 11 is 0. The molecule has 1 spiro atoms. The van der Waals surface area contributed by atoms with Gasteiger partial charge in [0.15, 0.2) is 0 Å². The minimum absolute atomic E-state index is 0.0247. The van der Waals surface area contributed by atoms with E-state index in [4.69, 9.17) is 4.74 Å². The molecule has 2 saturated heterocycles. The molecule has 5 rings (SSSR count). The molecule has 1 N–H and O–H groups in total. The molecular formula is C22H26N4O4. The predicted octanol–water partition coefficient (Wildman–Crippen LogP) is 1.84. The Labute approximate surface area is 174 Å². The van der Waals surface area contributed by atoms with Gasteiger partial charge in [0.25, 0.3) is 5.91 Å². The number of hydrogen-bond donors (Lipinski definition) is 1. The van der Waals surface area contributed by atoms with Crippen molar-refractivity contribution in [2.24, 2.45) is 0 Å². The van der Waals surface area contributed by atoms with Crippen LogP contribution in [-0.2, 0) is 26.3 Å². The van der Waals surface area contributed by atoms with Gasteiger partial charge in [-0.05, 0) is 30.9 Å². The van der Waals surface area contributed by atoms with Crippen LogP contribution in [0.2, 0.25) is 0 Å². The highest BCUT2D eigenvalue weighted by Crippen LogP contribution is 2.43. The molecule has 1 aromatic carbocycles. The zero-order chi connectivity index (χ0) is 21.0. The van der Waals surface area contributed by atoms with Gasteiger partial charge in [-0.3, -0.25) is 14.5 Å². The minimum atomic E-state index is -0.711. The fourth-order valence-electron chi connectivity index (χ4n) is 5.15. The molecule has 0 bridgehead atoms. The molecule has 158 valence electrons. The van der Waals surface area contributed by atoms with E-state index in [-0.39, 0.29) is 29.9 Å². The number of nitrogens with one attached hydrogen (secondary N) is 1. The zero-order valence-corrected chi connectivity index (χ0v) is 17.3. The van der Waals surface area contributed by atoms with Crippen molar-refractivity contribution >= 4 is 28.7 Å². The number of piperidine rings is 1. The van der Waals surface area contributed by atoms with E-state index in [0.29, 0.717) is 32.5 Å². The Morgan fingerprint density at radius 2 is 1.93 bits per heavy atom. The Balaban J connectivity index is 1.31. The molecule has 0 radical (unpaired) electrons. The maximum atomic E-state index is 12.9. The van der Waals surface area contributed by atoms with Crippen LogP contribution in [0.4, 0.5) is 4.79 Å². The molecule has 1 atom stereocenters. The molecule has 4 amide bonds. The van der Waals surface area contributed by atoms with Crippen LogP contribution in [0.1, 0.15) is 30.5 Å². The normalized spacial score (nSPS) is 23.5. The third-order valence-corrected chi connectivity index (χ3v) is 6.96. The number of ether oxygens (including phenoxy) is 1. The van der Waals surface area contributed by atoms with Crippen LogP contribution in [0.15, 0.2) is 24.3 Å². The van der Waals surface area contributed by atoms with Gasteiger partial charge in [-0.2, -0.15) is 0 Å². The Bertz CT molecular complexity index is 1040. The number of aromatic amines is 1. The Morgan fingerprint density at radius 1 is 1.20 bits per heavy atom. The number of likely N-dealkylation sites (N-methyl/N-ethyl adjacent to an activating group) is 2. The van der Waals surface area contributed by atoms with E-state index in [1.54, 1.807) is 11.9 Å². The van der Waals surface area contributed by atoms with Gasteiger partial charge in [-0.25, -0.2) is 4.79 Å². The number of urea groups is 1. The van der Waals surface area contributed by atoms with Crippen LogP contribution < -0.4 is 0 Å². The highest BCUT2D eigenvalue weighted by Gasteiger charge is 2.45. The first-order chi connectivity index (χ1) is 14.4. The monoisotopic (exact) mass is 410 g/mol. The number of fused-ring (bicyclic) bond motifs is 4. The van der Waals surface area contributed by atoms with Crippen LogP contribution in [0, 0.1) is 0 Å². The van der Waals surface area contributed by atoms with E-state index in [0.717, 1.165) is 22.5 Å². The highest BCUT2D eigenvalue weighted by molar-refractivity contribution is 6.05. The van der Waals surface area contributed by atoms with Gasteiger partial charge in [-0.15, -0.1) is 0 Å². The topological polar surface area (TPSA) is 86.0 Å². The van der Waals surface area contributed by atoms with Gasteiger partial charge in [0.2, 0.25) is 5.91 Å². The SMILES string of the molecule is CN1C(=O)C(CC(=O)N2CCC3(CC2)OCCc2c3[nH]c3ccccc23)N(C)C1=O. The summed E-state index contributed by atoms with van der Waals surface area (Å²) < 4.78 is 6.30. The Hall–Kier alpha value is -2.87. The summed E-state index contributed by atoms with van der Waals surface area (Å²) in [6.45, 7) is 1.82. The number of rotatable bonds is 2. The van der Waals surface area contributed by atoms with Crippen molar-refractivity contribution < 1.29 is 19.1 Å². The van der Waals surface area contributed by atoms with E-state index in [1.165, 1.54) is 22.9 Å². The van der Waals surface area contributed by atoms with Crippen molar-refractivity contribution in [3.8, 4) is 0 Å². The van der Waals surface area contributed by atoms with Crippen molar-refractivity contribution in [3.05, 3.63) is 35.5 Å². The van der Waals surface area contributed by atoms with Crippen molar-refractivity contribution in [1.29, 1.82) is 0 Å². The summed E-state index contributed by atoms with van der Waals surface area (Å²) in [5, 5.41) is 1.25. The lowest BCUT2D eigenvalue weighted by atomic mass is 9.83. The van der Waals surface area contributed by atoms with E-state index in [2.05, 4.69) is 23.2 Å². The average Bonchev–Trinajstić information content (AvgIpc) is 3.23. The molecule has 8 heteroatoms. The lowest BCUT2D eigenvalue weighted by molar-refractivity contribution is -0.144. The number of carbonyl (C=O) groups is 3. The average molecular weight is 410 g/mol. The summed E-state index contributed by atoms with van der Waals surface area (Å²) in [7, 11) is 3.02. The number of nitrogens with zero attached hydrogens (tertiary/aromatic N) is 3. The van der Waals surface area contributed by atoms with Gasteiger partial charge in [-0.1, -0.05) is 18.2 Å². The van der Waals surface area contributed by atoms with E-state index >= 15 is 0 Å². The number of amides is 4. The van der Waals surface area contributed by atoms with Crippen LogP contribution >= 0.6 is 0 Å². The third kappa shape index (κ3) is 2.74. The van der Waals surface area contributed by atoms with Crippen LogP contribution in [0.5, 0.6) is 0 Å². The van der Waals surface area contributed by atoms with Crippen LogP contribution in [0.25, 0.3) is 10.9 Å². The number of imide groups is 1. The second kappa shape index (κ2) is 6.84. The summed E-state index contributed by atoms with van der Waals surface area (Å²) in [6.07, 6.45) is 2.34. The predicted molar refractivity (Wildman–Crippen MR) is 110 cm³/mol. The molecule has 1 aromatic heterocycles. The fourth-order valence-corrected chi connectivity index (χ4v) is 5.15. The van der Waals surface area contributed by atoms with Crippen molar-refractivity contribution in [2.75, 3.05) is 33.8 Å². The number of H-pyrrole nitrogens is 1. The van der Waals surface area contributed by atoms with E-state index in [9.17, 15) is 14.4 Å². The number of benzene rings is 1. The molecule has 4 heterocycles. The maximum absolute atomic E-state index is 12.9. The number of carbonyl (C=O) groups excluding carboxylic acids is 3. The van der Waals surface area contributed by atoms with Gasteiger partial charge in [0.1, 0.15) is 11.6 Å². The van der Waals surface area contributed by atoms with E-state index < -0.39 is 6.04 Å². The van der Waals surface area contributed by atoms with Gasteiger partial charge < -0.3 is 19.5 Å². The molecule has 0 aliphatic carbocycles. The lowest BCUT2D eigenvalue weighted by Gasteiger charge is -2.44. The second-order valence-electron chi connectivity index (χ2n) is 8.51. The second-order valence-corrected chi connectivity index (χ2v) is 8.51. The van der Waals surface area contributed by atoms with Gasteiger partial charge >= 0.3 is 6.03 Å². The standard InChI is InChI=1S/C22H26N4O4/c1-24-17(20(28)25(2)21(24)29)13-18(27)26-10-8-22(9-11-26)19-15(7-12-30-22)14-5-3-4-6-16(14)23-19/h3-6,17,23H,7-13H2,1-2H3. The number of hydrogen-bond acceptors (Lipinski definition) is 4. The number of para-hydroxylation sites is 1. The molecule has 3 aliphatic heterocycles. The molecule has 8 nitrogen and oxygen atoms in total. The largest absolute Gasteiger partial charge is 0.368 e. The molecule has 1 unspecified atom stereocenters.